The van der Waals surface area contributed by atoms with Gasteiger partial charge in [0.15, 0.2) is 0 Å². The molecule has 1 saturated carbocycles. The number of nitrogens with two attached hydrogens (primary N) is 1. The third-order valence-corrected chi connectivity index (χ3v) is 5.02. The van der Waals surface area contributed by atoms with Gasteiger partial charge in [-0.2, -0.15) is 0 Å². The van der Waals surface area contributed by atoms with Gasteiger partial charge in [-0.3, -0.25) is 9.59 Å². The molecule has 6 nitrogen and oxygen atoms in total. The Labute approximate surface area is 155 Å². The number of anilines is 1. The summed E-state index contributed by atoms with van der Waals surface area (Å²) in [6.45, 7) is 7.99. The smallest absolute Gasteiger partial charge is 0.246 e. The van der Waals surface area contributed by atoms with E-state index in [0.717, 1.165) is 0 Å². The van der Waals surface area contributed by atoms with Crippen molar-refractivity contribution in [3.63, 3.8) is 0 Å². The lowest BCUT2D eigenvalue weighted by Gasteiger charge is -2.57. The Morgan fingerprint density at radius 2 is 1.92 bits per heavy atom. The molecule has 0 bridgehead atoms. The largest absolute Gasteiger partial charge is 0.378 e. The third-order valence-electron chi connectivity index (χ3n) is 5.02. The second-order valence-electron chi connectivity index (χ2n) is 6.89. The highest BCUT2D eigenvalue weighted by Gasteiger charge is 2.63. The van der Waals surface area contributed by atoms with Gasteiger partial charge in [0.05, 0.1) is 6.10 Å². The number of halogens is 1. The highest BCUT2D eigenvalue weighted by Crippen LogP contribution is 2.49. The monoisotopic (exact) mass is 369 g/mol. The molecule has 1 aromatic rings. The van der Waals surface area contributed by atoms with E-state index in [9.17, 15) is 9.59 Å². The van der Waals surface area contributed by atoms with Crippen molar-refractivity contribution in [1.29, 1.82) is 0 Å². The molecule has 1 aromatic carbocycles. The minimum absolute atomic E-state index is 0. The number of ether oxygens (including phenoxy) is 1. The number of amides is 2. The Balaban J connectivity index is 0.00000312. The lowest BCUT2D eigenvalue weighted by Crippen LogP contribution is -2.76. The number of rotatable bonds is 6. The molecule has 7 heteroatoms. The highest BCUT2D eigenvalue weighted by molar-refractivity contribution is 5.98. The standard InChI is InChI=1S/C18H27N3O3.ClH/c1-5-24-14-11-18(19,17(14,3)4)16(23)20-12(2)15(22)21-13-9-7-6-8-10-13;/h6-10,12,14H,5,11,19H2,1-4H3,(H,20,23)(H,21,22);1H. The van der Waals surface area contributed by atoms with Gasteiger partial charge < -0.3 is 21.1 Å². The summed E-state index contributed by atoms with van der Waals surface area (Å²) < 4.78 is 5.63. The molecule has 4 N–H and O–H groups in total. The minimum Gasteiger partial charge on any atom is -0.378 e. The van der Waals surface area contributed by atoms with Crippen LogP contribution in [0.25, 0.3) is 0 Å². The Bertz CT molecular complexity index is 609. The zero-order valence-corrected chi connectivity index (χ0v) is 16.0. The topological polar surface area (TPSA) is 93.4 Å². The van der Waals surface area contributed by atoms with Crippen molar-refractivity contribution < 1.29 is 14.3 Å². The Kier molecular flexibility index (Phi) is 6.99. The van der Waals surface area contributed by atoms with Crippen molar-refractivity contribution in [3.05, 3.63) is 30.3 Å². The highest BCUT2D eigenvalue weighted by atomic mass is 35.5. The first-order valence-electron chi connectivity index (χ1n) is 8.29. The molecule has 0 heterocycles. The van der Waals surface area contributed by atoms with E-state index in [1.54, 1.807) is 19.1 Å². The lowest BCUT2D eigenvalue weighted by atomic mass is 9.54. The fourth-order valence-electron chi connectivity index (χ4n) is 2.98. The molecule has 140 valence electrons. The van der Waals surface area contributed by atoms with Gasteiger partial charge in [0.2, 0.25) is 11.8 Å². The van der Waals surface area contributed by atoms with Crippen molar-refractivity contribution in [2.75, 3.05) is 11.9 Å². The van der Waals surface area contributed by atoms with Gasteiger partial charge in [-0.25, -0.2) is 0 Å². The molecule has 2 amide bonds. The Morgan fingerprint density at radius 3 is 2.44 bits per heavy atom. The van der Waals surface area contributed by atoms with E-state index in [-0.39, 0.29) is 30.3 Å². The van der Waals surface area contributed by atoms with Gasteiger partial charge >= 0.3 is 0 Å². The molecule has 0 radical (unpaired) electrons. The van der Waals surface area contributed by atoms with Crippen LogP contribution in [0.2, 0.25) is 0 Å². The predicted molar refractivity (Wildman–Crippen MR) is 101 cm³/mol. The number of hydrogen-bond acceptors (Lipinski definition) is 4. The molecule has 1 aliphatic carbocycles. The molecule has 3 unspecified atom stereocenters. The number of benzene rings is 1. The van der Waals surface area contributed by atoms with Gasteiger partial charge in [-0.05, 0) is 26.0 Å². The van der Waals surface area contributed by atoms with E-state index in [4.69, 9.17) is 10.5 Å². The van der Waals surface area contributed by atoms with Crippen LogP contribution in [-0.2, 0) is 14.3 Å². The summed E-state index contributed by atoms with van der Waals surface area (Å²) in [6.07, 6.45) is 0.402. The summed E-state index contributed by atoms with van der Waals surface area (Å²) in [5.41, 5.74) is 5.49. The summed E-state index contributed by atoms with van der Waals surface area (Å²) >= 11 is 0. The van der Waals surface area contributed by atoms with Crippen LogP contribution in [0.4, 0.5) is 5.69 Å². The van der Waals surface area contributed by atoms with Crippen LogP contribution in [0.3, 0.4) is 0 Å². The summed E-state index contributed by atoms with van der Waals surface area (Å²) in [5, 5.41) is 5.49. The lowest BCUT2D eigenvalue weighted by molar-refractivity contribution is -0.171. The average Bonchev–Trinajstić information content (AvgIpc) is 2.55. The van der Waals surface area contributed by atoms with E-state index >= 15 is 0 Å². The molecule has 25 heavy (non-hydrogen) atoms. The fraction of sp³-hybridized carbons (Fsp3) is 0.556. The van der Waals surface area contributed by atoms with Crippen LogP contribution in [0.5, 0.6) is 0 Å². The maximum absolute atomic E-state index is 12.6. The molecular formula is C18H28ClN3O3. The van der Waals surface area contributed by atoms with Crippen molar-refractivity contribution in [3.8, 4) is 0 Å². The normalized spacial score (nSPS) is 25.1. The van der Waals surface area contributed by atoms with E-state index in [2.05, 4.69) is 10.6 Å². The van der Waals surface area contributed by atoms with Crippen LogP contribution < -0.4 is 16.4 Å². The van der Waals surface area contributed by atoms with E-state index in [1.165, 1.54) is 0 Å². The Hall–Kier alpha value is -1.63. The average molecular weight is 370 g/mol. The maximum atomic E-state index is 12.6. The van der Waals surface area contributed by atoms with Crippen molar-refractivity contribution in [2.24, 2.45) is 11.1 Å². The Morgan fingerprint density at radius 1 is 1.32 bits per heavy atom. The van der Waals surface area contributed by atoms with Gasteiger partial charge in [-0.15, -0.1) is 12.4 Å². The first kappa shape index (κ1) is 21.4. The van der Waals surface area contributed by atoms with E-state index in [0.29, 0.717) is 18.7 Å². The zero-order chi connectivity index (χ0) is 18.0. The van der Waals surface area contributed by atoms with Gasteiger partial charge in [-0.1, -0.05) is 32.0 Å². The van der Waals surface area contributed by atoms with E-state index < -0.39 is 17.0 Å². The molecule has 0 aromatic heterocycles. The number of carbonyl (C=O) groups excluding carboxylic acids is 2. The SMILES string of the molecule is CCOC1CC(N)(C(=O)NC(C)C(=O)Nc2ccccc2)C1(C)C.Cl. The number of para-hydroxylation sites is 1. The predicted octanol–water partition coefficient (Wildman–Crippen LogP) is 2.08. The minimum atomic E-state index is -1.03. The van der Waals surface area contributed by atoms with Crippen molar-refractivity contribution in [1.82, 2.24) is 5.32 Å². The number of hydrogen-bond donors (Lipinski definition) is 3. The second-order valence-corrected chi connectivity index (χ2v) is 6.89. The molecule has 1 aliphatic rings. The molecule has 0 aliphatic heterocycles. The molecule has 1 fully saturated rings. The molecular weight excluding hydrogens is 342 g/mol. The molecule has 2 rings (SSSR count). The summed E-state index contributed by atoms with van der Waals surface area (Å²) in [7, 11) is 0. The maximum Gasteiger partial charge on any atom is 0.246 e. The van der Waals surface area contributed by atoms with Crippen LogP contribution in [0.1, 0.15) is 34.1 Å². The van der Waals surface area contributed by atoms with E-state index in [1.807, 2.05) is 39.0 Å². The fourth-order valence-corrected chi connectivity index (χ4v) is 2.98. The number of carbonyl (C=O) groups is 2. The first-order chi connectivity index (χ1) is 11.2. The number of nitrogens with one attached hydrogen (secondary N) is 2. The van der Waals surface area contributed by atoms with Crippen molar-refractivity contribution in [2.45, 2.75) is 51.8 Å². The van der Waals surface area contributed by atoms with Gasteiger partial charge in [0, 0.05) is 24.1 Å². The van der Waals surface area contributed by atoms with Crippen molar-refractivity contribution >= 4 is 29.9 Å². The second kappa shape index (κ2) is 8.17. The van der Waals surface area contributed by atoms with Crippen LogP contribution >= 0.6 is 12.4 Å². The first-order valence-corrected chi connectivity index (χ1v) is 8.29. The van der Waals surface area contributed by atoms with Gasteiger partial charge in [0.1, 0.15) is 11.6 Å². The van der Waals surface area contributed by atoms with Crippen LogP contribution in [0.15, 0.2) is 30.3 Å². The summed E-state index contributed by atoms with van der Waals surface area (Å²) in [5.74, 6) is -0.601. The zero-order valence-electron chi connectivity index (χ0n) is 15.2. The summed E-state index contributed by atoms with van der Waals surface area (Å²) in [6, 6.07) is 8.43. The van der Waals surface area contributed by atoms with Crippen LogP contribution in [-0.4, -0.2) is 36.1 Å². The summed E-state index contributed by atoms with van der Waals surface area (Å²) in [4.78, 5) is 24.8. The quantitative estimate of drug-likeness (QED) is 0.715. The van der Waals surface area contributed by atoms with Crippen LogP contribution in [0, 0.1) is 5.41 Å². The third kappa shape index (κ3) is 4.14. The van der Waals surface area contributed by atoms with Gasteiger partial charge in [0.25, 0.3) is 0 Å². The molecule has 3 atom stereocenters. The molecule has 0 spiro atoms. The molecule has 0 saturated heterocycles.